The van der Waals surface area contributed by atoms with Crippen molar-refractivity contribution in [1.82, 2.24) is 4.90 Å². The van der Waals surface area contributed by atoms with Crippen molar-refractivity contribution >= 4 is 23.5 Å². The molecule has 3 rings (SSSR count). The summed E-state index contributed by atoms with van der Waals surface area (Å²) in [7, 11) is 6.88. The molecule has 0 unspecified atom stereocenters. The Balaban J connectivity index is 0.000000611. The molecule has 1 aliphatic heterocycles. The number of carbonyl (C=O) groups is 3. The molecule has 0 bridgehead atoms. The van der Waals surface area contributed by atoms with E-state index in [1.807, 2.05) is 31.1 Å². The van der Waals surface area contributed by atoms with Crippen molar-refractivity contribution in [2.24, 2.45) is 5.92 Å². The van der Waals surface area contributed by atoms with Gasteiger partial charge in [-0.1, -0.05) is 12.1 Å². The quantitative estimate of drug-likeness (QED) is 0.439. The summed E-state index contributed by atoms with van der Waals surface area (Å²) in [5.41, 5.74) is 1.18. The molecule has 2 aromatic rings. The molecule has 2 atom stereocenters. The molecule has 9 nitrogen and oxygen atoms in total. The summed E-state index contributed by atoms with van der Waals surface area (Å²) < 4.78 is 51.0. The zero-order valence-corrected chi connectivity index (χ0v) is 22.6. The van der Waals surface area contributed by atoms with E-state index in [0.29, 0.717) is 48.7 Å². The lowest BCUT2D eigenvalue weighted by Gasteiger charge is -2.29. The van der Waals surface area contributed by atoms with Crippen molar-refractivity contribution in [1.29, 1.82) is 0 Å². The maximum Gasteiger partial charge on any atom is 0.416 e. The first-order valence-electron chi connectivity index (χ1n) is 12.2. The van der Waals surface area contributed by atoms with Gasteiger partial charge in [0.2, 0.25) is 5.91 Å². The molecule has 0 fully saturated rings. The maximum absolute atomic E-state index is 13.7. The highest BCUT2D eigenvalue weighted by molar-refractivity contribution is 5.97. The highest BCUT2D eigenvalue weighted by Crippen LogP contribution is 2.41. The number of benzene rings is 2. The molecule has 0 spiro atoms. The fraction of sp³-hybridized carbons (Fsp3) is 0.393. The second-order valence-electron chi connectivity index (χ2n) is 9.29. The van der Waals surface area contributed by atoms with Crippen molar-refractivity contribution in [3.8, 4) is 5.75 Å². The first-order chi connectivity index (χ1) is 18.8. The molecule has 218 valence electrons. The van der Waals surface area contributed by atoms with Gasteiger partial charge in [-0.3, -0.25) is 4.79 Å². The minimum absolute atomic E-state index is 0.145. The number of carboxylic acid groups (broad SMARTS) is 2. The van der Waals surface area contributed by atoms with Crippen LogP contribution in [-0.2, 0) is 31.7 Å². The number of fused-ring (bicyclic) bond motifs is 1. The van der Waals surface area contributed by atoms with Gasteiger partial charge in [0.1, 0.15) is 5.75 Å². The standard InChI is InChI=1S/C24H29F3N2O3.C4H4O4/c1-28(2)11-12-29-22-10-7-18(24(25,26)27)13-17(22)14-20(21(15-31-3)23(29)30)16-5-8-19(32-4)9-6-16;5-3(6)1-2-4(7)8/h5-10,13,20-21H,11-12,14-15H2,1-4H3;1-2H,(H,5,6)(H,7,8)/t20-,21+;/m1./s1. The second-order valence-corrected chi connectivity index (χ2v) is 9.29. The maximum atomic E-state index is 13.7. The number of nitrogens with zero attached hydrogens (tertiary/aromatic N) is 2. The second kappa shape index (κ2) is 14.5. The first kappa shape index (κ1) is 32.3. The van der Waals surface area contributed by atoms with Gasteiger partial charge in [-0.15, -0.1) is 0 Å². The number of carbonyl (C=O) groups excluding carboxylic acids is 1. The van der Waals surface area contributed by atoms with E-state index in [1.54, 1.807) is 24.1 Å². The van der Waals surface area contributed by atoms with Crippen molar-refractivity contribution < 1.29 is 47.2 Å². The summed E-state index contributed by atoms with van der Waals surface area (Å²) in [6, 6.07) is 11.0. The summed E-state index contributed by atoms with van der Waals surface area (Å²) >= 11 is 0. The Morgan fingerprint density at radius 1 is 1.05 bits per heavy atom. The lowest BCUT2D eigenvalue weighted by atomic mass is 9.82. The van der Waals surface area contributed by atoms with Crippen LogP contribution >= 0.6 is 0 Å². The molecule has 1 heterocycles. The van der Waals surface area contributed by atoms with Gasteiger partial charge in [0.15, 0.2) is 0 Å². The molecule has 0 aromatic heterocycles. The van der Waals surface area contributed by atoms with E-state index < -0.39 is 29.6 Å². The van der Waals surface area contributed by atoms with Crippen LogP contribution in [0.15, 0.2) is 54.6 Å². The van der Waals surface area contributed by atoms with Crippen LogP contribution in [0.3, 0.4) is 0 Å². The highest BCUT2D eigenvalue weighted by atomic mass is 19.4. The predicted molar refractivity (Wildman–Crippen MR) is 142 cm³/mol. The van der Waals surface area contributed by atoms with Gasteiger partial charge in [0, 0.05) is 44.0 Å². The molecule has 1 amide bonds. The normalized spacial score (nSPS) is 17.2. The largest absolute Gasteiger partial charge is 0.497 e. The van der Waals surface area contributed by atoms with Gasteiger partial charge in [0.05, 0.1) is 25.2 Å². The fourth-order valence-electron chi connectivity index (χ4n) is 4.30. The average Bonchev–Trinajstić information content (AvgIpc) is 3.00. The Kier molecular flexibility index (Phi) is 11.7. The molecule has 0 saturated carbocycles. The summed E-state index contributed by atoms with van der Waals surface area (Å²) in [5.74, 6) is -2.85. The van der Waals surface area contributed by atoms with Crippen molar-refractivity contribution in [2.45, 2.75) is 18.5 Å². The van der Waals surface area contributed by atoms with Crippen LogP contribution in [0.4, 0.5) is 18.9 Å². The highest BCUT2D eigenvalue weighted by Gasteiger charge is 2.39. The SMILES string of the molecule is COC[C@@H]1C(=O)N(CCN(C)C)c2ccc(C(F)(F)F)cc2C[C@@H]1c1ccc(OC)cc1.O=C(O)C=CC(=O)O. The molecule has 0 radical (unpaired) electrons. The van der Waals surface area contributed by atoms with Gasteiger partial charge in [-0.2, -0.15) is 13.2 Å². The molecular formula is C28H33F3N2O7. The third-order valence-electron chi connectivity index (χ3n) is 6.24. The number of carboxylic acids is 2. The van der Waals surface area contributed by atoms with Crippen LogP contribution in [0, 0.1) is 5.92 Å². The number of likely N-dealkylation sites (N-methyl/N-ethyl adjacent to an activating group) is 1. The number of methoxy groups -OCH3 is 2. The van der Waals surface area contributed by atoms with Gasteiger partial charge in [-0.25, -0.2) is 9.59 Å². The third kappa shape index (κ3) is 9.09. The smallest absolute Gasteiger partial charge is 0.416 e. The third-order valence-corrected chi connectivity index (χ3v) is 6.24. The van der Waals surface area contributed by atoms with Gasteiger partial charge in [0.25, 0.3) is 0 Å². The van der Waals surface area contributed by atoms with Crippen LogP contribution < -0.4 is 9.64 Å². The number of ether oxygens (including phenoxy) is 2. The Hall–Kier alpha value is -3.90. The Morgan fingerprint density at radius 3 is 2.12 bits per heavy atom. The van der Waals surface area contributed by atoms with E-state index in [9.17, 15) is 27.6 Å². The molecular weight excluding hydrogens is 533 g/mol. The predicted octanol–water partition coefficient (Wildman–Crippen LogP) is 3.92. The van der Waals surface area contributed by atoms with Gasteiger partial charge in [-0.05, 0) is 62.0 Å². The molecule has 40 heavy (non-hydrogen) atoms. The monoisotopic (exact) mass is 566 g/mol. The number of rotatable bonds is 9. The lowest BCUT2D eigenvalue weighted by molar-refractivity contribution is -0.137. The number of hydrogen-bond donors (Lipinski definition) is 2. The van der Waals surface area contributed by atoms with Crippen LogP contribution in [0.25, 0.3) is 0 Å². The Bertz CT molecular complexity index is 1180. The lowest BCUT2D eigenvalue weighted by Crippen LogP contribution is -2.42. The van der Waals surface area contributed by atoms with E-state index in [1.165, 1.54) is 19.2 Å². The Labute approximate surface area is 230 Å². The van der Waals surface area contributed by atoms with Crippen LogP contribution in [0.2, 0.25) is 0 Å². The van der Waals surface area contributed by atoms with Crippen molar-refractivity contribution in [3.05, 3.63) is 71.3 Å². The zero-order valence-electron chi connectivity index (χ0n) is 22.6. The summed E-state index contributed by atoms with van der Waals surface area (Å²) in [5, 5.41) is 15.6. The minimum Gasteiger partial charge on any atom is -0.497 e. The van der Waals surface area contributed by atoms with Crippen LogP contribution in [0.1, 0.15) is 22.6 Å². The average molecular weight is 567 g/mol. The molecule has 12 heteroatoms. The summed E-state index contributed by atoms with van der Waals surface area (Å²) in [6.45, 7) is 1.13. The molecule has 1 aliphatic rings. The number of aliphatic carboxylic acids is 2. The number of alkyl halides is 3. The van der Waals surface area contributed by atoms with E-state index in [0.717, 1.165) is 11.6 Å². The van der Waals surface area contributed by atoms with Crippen molar-refractivity contribution in [3.63, 3.8) is 0 Å². The summed E-state index contributed by atoms with van der Waals surface area (Å²) in [6.07, 6.45) is -3.05. The number of anilines is 1. The van der Waals surface area contributed by atoms with Gasteiger partial charge < -0.3 is 29.5 Å². The fourth-order valence-corrected chi connectivity index (χ4v) is 4.30. The van der Waals surface area contributed by atoms with E-state index in [2.05, 4.69) is 0 Å². The summed E-state index contributed by atoms with van der Waals surface area (Å²) in [4.78, 5) is 36.3. The molecule has 0 saturated heterocycles. The number of hydrogen-bond acceptors (Lipinski definition) is 6. The van der Waals surface area contributed by atoms with Gasteiger partial charge >= 0.3 is 18.1 Å². The van der Waals surface area contributed by atoms with E-state index in [-0.39, 0.29) is 18.4 Å². The topological polar surface area (TPSA) is 117 Å². The zero-order chi connectivity index (χ0) is 30.0. The molecule has 0 aliphatic carbocycles. The van der Waals surface area contributed by atoms with Crippen LogP contribution in [-0.4, -0.2) is 81.0 Å². The van der Waals surface area contributed by atoms with Crippen LogP contribution in [0.5, 0.6) is 5.75 Å². The molecule has 2 N–H and O–H groups in total. The first-order valence-corrected chi connectivity index (χ1v) is 12.2. The van der Waals surface area contributed by atoms with Crippen molar-refractivity contribution in [2.75, 3.05) is 52.9 Å². The van der Waals surface area contributed by atoms with E-state index in [4.69, 9.17) is 19.7 Å². The minimum atomic E-state index is -4.46. The number of amides is 1. The van der Waals surface area contributed by atoms with E-state index >= 15 is 0 Å². The number of halogens is 3. The molecule has 2 aromatic carbocycles. The Morgan fingerprint density at radius 2 is 1.65 bits per heavy atom.